The van der Waals surface area contributed by atoms with E-state index in [0.29, 0.717) is 6.54 Å². The molecule has 0 aliphatic carbocycles. The van der Waals surface area contributed by atoms with Gasteiger partial charge < -0.3 is 11.5 Å². The molecule has 0 aliphatic rings. The largest absolute Gasteiger partial charge is 0.399 e. The molecule has 0 saturated carbocycles. The van der Waals surface area contributed by atoms with Crippen molar-refractivity contribution in [2.45, 2.75) is 24.7 Å². The third kappa shape index (κ3) is 3.24. The molecule has 3 heteroatoms. The normalized spacial score (nSPS) is 10.4. The lowest BCUT2D eigenvalue weighted by Gasteiger charge is -2.08. The summed E-state index contributed by atoms with van der Waals surface area (Å²) in [4.78, 5) is 1.29. The van der Waals surface area contributed by atoms with Crippen molar-refractivity contribution < 1.29 is 0 Å². The van der Waals surface area contributed by atoms with Crippen molar-refractivity contribution in [1.82, 2.24) is 0 Å². The number of nitrogen functional groups attached to an aromatic ring is 1. The van der Waals surface area contributed by atoms with E-state index < -0.39 is 0 Å². The highest BCUT2D eigenvalue weighted by molar-refractivity contribution is 7.99. The van der Waals surface area contributed by atoms with Gasteiger partial charge in [0.25, 0.3) is 0 Å². The van der Waals surface area contributed by atoms with Crippen molar-refractivity contribution in [2.75, 3.05) is 18.0 Å². The minimum absolute atomic E-state index is 0.698. The lowest BCUT2D eigenvalue weighted by atomic mass is 10.1. The molecular formula is C11H18N2S. The van der Waals surface area contributed by atoms with Crippen LogP contribution in [0.4, 0.5) is 5.69 Å². The summed E-state index contributed by atoms with van der Waals surface area (Å²) in [5.41, 5.74) is 13.5. The molecule has 0 fully saturated rings. The van der Waals surface area contributed by atoms with Crippen LogP contribution in [0.25, 0.3) is 0 Å². The topological polar surface area (TPSA) is 52.0 Å². The van der Waals surface area contributed by atoms with E-state index in [2.05, 4.69) is 13.0 Å². The third-order valence-corrected chi connectivity index (χ3v) is 3.27. The number of benzene rings is 1. The van der Waals surface area contributed by atoms with Gasteiger partial charge in [-0.15, -0.1) is 11.8 Å². The lowest BCUT2D eigenvalue weighted by molar-refractivity contribution is 0.944. The maximum Gasteiger partial charge on any atom is 0.0325 e. The second-order valence-corrected chi connectivity index (χ2v) is 4.39. The Morgan fingerprint density at radius 1 is 1.36 bits per heavy atom. The number of hydrogen-bond acceptors (Lipinski definition) is 3. The average molecular weight is 210 g/mol. The molecule has 0 saturated heterocycles. The van der Waals surface area contributed by atoms with Crippen LogP contribution in [-0.4, -0.2) is 12.3 Å². The van der Waals surface area contributed by atoms with E-state index in [1.807, 2.05) is 23.9 Å². The molecule has 2 nitrogen and oxygen atoms in total. The standard InChI is InChI=1S/C11H18N2S/c1-2-7-14-11-8-10(13)4-3-9(11)5-6-12/h3-4,8H,2,5-7,12-13H2,1H3. The van der Waals surface area contributed by atoms with Crippen LogP contribution in [0.1, 0.15) is 18.9 Å². The summed E-state index contributed by atoms with van der Waals surface area (Å²) in [7, 11) is 0. The van der Waals surface area contributed by atoms with E-state index in [9.17, 15) is 0 Å². The average Bonchev–Trinajstić information content (AvgIpc) is 2.18. The Hall–Kier alpha value is -0.670. The molecule has 78 valence electrons. The van der Waals surface area contributed by atoms with Crippen molar-refractivity contribution in [3.8, 4) is 0 Å². The molecule has 0 spiro atoms. The highest BCUT2D eigenvalue weighted by Gasteiger charge is 2.02. The predicted molar refractivity (Wildman–Crippen MR) is 64.6 cm³/mol. The molecule has 0 heterocycles. The fourth-order valence-corrected chi connectivity index (χ4v) is 2.28. The molecular weight excluding hydrogens is 192 g/mol. The Morgan fingerprint density at radius 2 is 2.14 bits per heavy atom. The van der Waals surface area contributed by atoms with Crippen LogP contribution in [-0.2, 0) is 6.42 Å². The molecule has 0 atom stereocenters. The monoisotopic (exact) mass is 210 g/mol. The van der Waals surface area contributed by atoms with Crippen LogP contribution in [0.2, 0.25) is 0 Å². The summed E-state index contributed by atoms with van der Waals surface area (Å²) in [5, 5.41) is 0. The summed E-state index contributed by atoms with van der Waals surface area (Å²) >= 11 is 1.87. The molecule has 1 aromatic carbocycles. The van der Waals surface area contributed by atoms with Crippen LogP contribution in [0, 0.1) is 0 Å². The van der Waals surface area contributed by atoms with Crippen molar-refractivity contribution in [3.05, 3.63) is 23.8 Å². The molecule has 0 aromatic heterocycles. The molecule has 4 N–H and O–H groups in total. The van der Waals surface area contributed by atoms with Gasteiger partial charge in [-0.2, -0.15) is 0 Å². The molecule has 0 unspecified atom stereocenters. The minimum Gasteiger partial charge on any atom is -0.399 e. The lowest BCUT2D eigenvalue weighted by Crippen LogP contribution is -2.04. The molecule has 0 radical (unpaired) electrons. The molecule has 0 bridgehead atoms. The summed E-state index contributed by atoms with van der Waals surface area (Å²) in [5.74, 6) is 1.14. The SMILES string of the molecule is CCCSc1cc(N)ccc1CCN. The zero-order valence-corrected chi connectivity index (χ0v) is 9.44. The van der Waals surface area contributed by atoms with Crippen LogP contribution >= 0.6 is 11.8 Å². The number of anilines is 1. The van der Waals surface area contributed by atoms with Gasteiger partial charge in [-0.05, 0) is 42.8 Å². The van der Waals surface area contributed by atoms with Gasteiger partial charge in [-0.1, -0.05) is 13.0 Å². The van der Waals surface area contributed by atoms with Gasteiger partial charge in [-0.25, -0.2) is 0 Å². The Bertz CT molecular complexity index is 287. The van der Waals surface area contributed by atoms with E-state index in [1.165, 1.54) is 16.9 Å². The highest BCUT2D eigenvalue weighted by atomic mass is 32.2. The van der Waals surface area contributed by atoms with Crippen molar-refractivity contribution in [3.63, 3.8) is 0 Å². The van der Waals surface area contributed by atoms with Crippen molar-refractivity contribution in [1.29, 1.82) is 0 Å². The summed E-state index contributed by atoms with van der Waals surface area (Å²) in [6.07, 6.45) is 2.12. The van der Waals surface area contributed by atoms with E-state index in [4.69, 9.17) is 11.5 Å². The van der Waals surface area contributed by atoms with Gasteiger partial charge in [0.1, 0.15) is 0 Å². The van der Waals surface area contributed by atoms with Crippen LogP contribution in [0.3, 0.4) is 0 Å². The number of rotatable bonds is 5. The molecule has 0 aliphatic heterocycles. The Kier molecular flexibility index (Phi) is 4.84. The van der Waals surface area contributed by atoms with Gasteiger partial charge in [0.15, 0.2) is 0 Å². The quantitative estimate of drug-likeness (QED) is 0.579. The van der Waals surface area contributed by atoms with Gasteiger partial charge in [0, 0.05) is 10.6 Å². The summed E-state index contributed by atoms with van der Waals surface area (Å²) in [6.45, 7) is 2.88. The van der Waals surface area contributed by atoms with Gasteiger partial charge in [0.2, 0.25) is 0 Å². The smallest absolute Gasteiger partial charge is 0.0325 e. The minimum atomic E-state index is 0.698. The second kappa shape index (κ2) is 5.94. The van der Waals surface area contributed by atoms with E-state index in [1.54, 1.807) is 0 Å². The zero-order valence-electron chi connectivity index (χ0n) is 8.62. The third-order valence-electron chi connectivity index (χ3n) is 1.97. The highest BCUT2D eigenvalue weighted by Crippen LogP contribution is 2.25. The van der Waals surface area contributed by atoms with Crippen LogP contribution < -0.4 is 11.5 Å². The van der Waals surface area contributed by atoms with Crippen molar-refractivity contribution >= 4 is 17.4 Å². The zero-order chi connectivity index (χ0) is 10.4. The first-order valence-corrected chi connectivity index (χ1v) is 5.97. The second-order valence-electron chi connectivity index (χ2n) is 3.25. The van der Waals surface area contributed by atoms with Crippen LogP contribution in [0.5, 0.6) is 0 Å². The van der Waals surface area contributed by atoms with E-state index >= 15 is 0 Å². The predicted octanol–water partition coefficient (Wildman–Crippen LogP) is 2.27. The fraction of sp³-hybridized carbons (Fsp3) is 0.455. The molecule has 1 rings (SSSR count). The maximum absolute atomic E-state index is 5.75. The van der Waals surface area contributed by atoms with Gasteiger partial charge in [-0.3, -0.25) is 0 Å². The number of hydrogen-bond donors (Lipinski definition) is 2. The number of thioether (sulfide) groups is 1. The first kappa shape index (κ1) is 11.4. The van der Waals surface area contributed by atoms with Crippen LogP contribution in [0.15, 0.2) is 23.1 Å². The summed E-state index contributed by atoms with van der Waals surface area (Å²) in [6, 6.07) is 6.08. The Morgan fingerprint density at radius 3 is 2.79 bits per heavy atom. The van der Waals surface area contributed by atoms with E-state index in [0.717, 1.165) is 17.9 Å². The molecule has 0 amide bonds. The fourth-order valence-electron chi connectivity index (χ4n) is 1.28. The maximum atomic E-state index is 5.75. The Balaban J connectivity index is 2.79. The van der Waals surface area contributed by atoms with Gasteiger partial charge >= 0.3 is 0 Å². The Labute approximate surface area is 90.1 Å². The van der Waals surface area contributed by atoms with E-state index in [-0.39, 0.29) is 0 Å². The number of nitrogens with two attached hydrogens (primary N) is 2. The van der Waals surface area contributed by atoms with Crippen molar-refractivity contribution in [2.24, 2.45) is 5.73 Å². The summed E-state index contributed by atoms with van der Waals surface area (Å²) < 4.78 is 0. The first-order valence-electron chi connectivity index (χ1n) is 4.99. The van der Waals surface area contributed by atoms with Gasteiger partial charge in [0.05, 0.1) is 0 Å². The molecule has 14 heavy (non-hydrogen) atoms. The molecule has 1 aromatic rings. The first-order chi connectivity index (χ1) is 6.77.